The third-order valence-electron chi connectivity index (χ3n) is 1.83. The van der Waals surface area contributed by atoms with E-state index in [2.05, 4.69) is 10.3 Å². The second kappa shape index (κ2) is 4.93. The van der Waals surface area contributed by atoms with Crippen LogP contribution in [0.25, 0.3) is 0 Å². The van der Waals surface area contributed by atoms with E-state index in [1.807, 2.05) is 0 Å². The van der Waals surface area contributed by atoms with E-state index >= 15 is 0 Å². The van der Waals surface area contributed by atoms with Crippen LogP contribution >= 0.6 is 0 Å². The van der Waals surface area contributed by atoms with Crippen LogP contribution in [0.3, 0.4) is 0 Å². The van der Waals surface area contributed by atoms with Crippen molar-refractivity contribution < 1.29 is 14.3 Å². The van der Waals surface area contributed by atoms with Gasteiger partial charge in [0.05, 0.1) is 18.4 Å². The minimum Gasteiger partial charge on any atom is -0.496 e. The molecule has 0 bridgehead atoms. The van der Waals surface area contributed by atoms with E-state index in [1.54, 1.807) is 12.1 Å². The van der Waals surface area contributed by atoms with Crippen LogP contribution in [0, 0.1) is 0 Å². The van der Waals surface area contributed by atoms with Gasteiger partial charge in [0, 0.05) is 7.05 Å². The Morgan fingerprint density at radius 2 is 2.27 bits per heavy atom. The Morgan fingerprint density at radius 3 is 2.80 bits per heavy atom. The van der Waals surface area contributed by atoms with Crippen molar-refractivity contribution in [3.05, 3.63) is 23.8 Å². The Kier molecular flexibility index (Phi) is 3.60. The maximum atomic E-state index is 11.4. The van der Waals surface area contributed by atoms with Gasteiger partial charge >= 0.3 is 0 Å². The van der Waals surface area contributed by atoms with Crippen molar-refractivity contribution in [2.75, 3.05) is 14.2 Å². The lowest BCUT2D eigenvalue weighted by atomic mass is 10.1. The number of ether oxygens (including phenoxy) is 1. The molecular weight excluding hydrogens is 196 g/mol. The molecule has 0 aliphatic carbocycles. The molecule has 0 aliphatic heterocycles. The summed E-state index contributed by atoms with van der Waals surface area (Å²) in [5.74, 6) is 0.133. The summed E-state index contributed by atoms with van der Waals surface area (Å²) in [5, 5.41) is 2.47. The van der Waals surface area contributed by atoms with Crippen LogP contribution in [-0.2, 0) is 4.79 Å². The first-order valence-electron chi connectivity index (χ1n) is 4.21. The molecule has 0 fully saturated rings. The second-order valence-corrected chi connectivity index (χ2v) is 2.67. The van der Waals surface area contributed by atoms with Gasteiger partial charge in [-0.15, -0.1) is 0 Å². The van der Waals surface area contributed by atoms with Gasteiger partial charge in [0.15, 0.2) is 0 Å². The third-order valence-corrected chi connectivity index (χ3v) is 1.83. The first-order chi connectivity index (χ1) is 7.22. The first-order valence-corrected chi connectivity index (χ1v) is 4.21. The number of aliphatic imine (C=N–C) groups is 1. The molecule has 0 unspecified atom stereocenters. The van der Waals surface area contributed by atoms with Crippen molar-refractivity contribution >= 4 is 17.7 Å². The molecule has 0 atom stereocenters. The number of amides is 1. The van der Waals surface area contributed by atoms with Crippen molar-refractivity contribution in [1.82, 2.24) is 5.32 Å². The van der Waals surface area contributed by atoms with Crippen molar-refractivity contribution in [3.8, 4) is 5.75 Å². The first kappa shape index (κ1) is 10.9. The van der Waals surface area contributed by atoms with Crippen molar-refractivity contribution in [2.45, 2.75) is 0 Å². The number of rotatable bonds is 3. The minimum atomic E-state index is -0.296. The number of nitrogens with zero attached hydrogens (tertiary/aromatic N) is 1. The van der Waals surface area contributed by atoms with Gasteiger partial charge in [-0.3, -0.25) is 4.79 Å². The van der Waals surface area contributed by atoms with Gasteiger partial charge in [0.1, 0.15) is 5.75 Å². The number of hydrogen-bond donors (Lipinski definition) is 1. The van der Waals surface area contributed by atoms with Crippen LogP contribution < -0.4 is 10.1 Å². The average molecular weight is 206 g/mol. The average Bonchev–Trinajstić information content (AvgIpc) is 2.28. The number of carbonyl (C=O) groups excluding carboxylic acids is 2. The lowest BCUT2D eigenvalue weighted by Crippen LogP contribution is -2.18. The quantitative estimate of drug-likeness (QED) is 0.593. The Balaban J connectivity index is 3.24. The molecule has 0 aliphatic rings. The SMILES string of the molecule is CNC(=O)c1cc(N=C=O)ccc1OC. The van der Waals surface area contributed by atoms with Crippen LogP contribution in [0.2, 0.25) is 0 Å². The van der Waals surface area contributed by atoms with Crippen molar-refractivity contribution in [1.29, 1.82) is 0 Å². The highest BCUT2D eigenvalue weighted by Gasteiger charge is 2.11. The molecule has 1 aromatic rings. The van der Waals surface area contributed by atoms with E-state index < -0.39 is 0 Å². The summed E-state index contributed by atoms with van der Waals surface area (Å²) in [6.07, 6.45) is 1.41. The molecule has 0 aromatic heterocycles. The molecule has 1 amide bonds. The number of methoxy groups -OCH3 is 1. The van der Waals surface area contributed by atoms with Gasteiger partial charge in [-0.25, -0.2) is 4.79 Å². The van der Waals surface area contributed by atoms with Crippen LogP contribution in [-0.4, -0.2) is 26.1 Å². The van der Waals surface area contributed by atoms with E-state index in [-0.39, 0.29) is 5.91 Å². The number of benzene rings is 1. The van der Waals surface area contributed by atoms with Crippen molar-refractivity contribution in [3.63, 3.8) is 0 Å². The number of isocyanates is 1. The second-order valence-electron chi connectivity index (χ2n) is 2.67. The Bertz CT molecular complexity index is 423. The molecule has 0 spiro atoms. The van der Waals surface area contributed by atoms with Crippen molar-refractivity contribution in [2.24, 2.45) is 4.99 Å². The fourth-order valence-corrected chi connectivity index (χ4v) is 1.13. The predicted molar refractivity (Wildman–Crippen MR) is 54.2 cm³/mol. The Labute approximate surface area is 86.8 Å². The van der Waals surface area contributed by atoms with Gasteiger partial charge in [0.2, 0.25) is 6.08 Å². The van der Waals surface area contributed by atoms with E-state index in [0.717, 1.165) is 0 Å². The summed E-state index contributed by atoms with van der Waals surface area (Å²) in [6.45, 7) is 0. The van der Waals surface area contributed by atoms with E-state index in [1.165, 1.54) is 26.3 Å². The zero-order valence-electron chi connectivity index (χ0n) is 8.40. The molecule has 0 saturated carbocycles. The van der Waals surface area contributed by atoms with Gasteiger partial charge < -0.3 is 10.1 Å². The largest absolute Gasteiger partial charge is 0.496 e. The fraction of sp³-hybridized carbons (Fsp3) is 0.200. The monoisotopic (exact) mass is 206 g/mol. The van der Waals surface area contributed by atoms with E-state index in [4.69, 9.17) is 4.74 Å². The molecule has 5 heteroatoms. The normalized spacial score (nSPS) is 8.93. The maximum Gasteiger partial charge on any atom is 0.254 e. The third kappa shape index (κ3) is 2.42. The highest BCUT2D eigenvalue weighted by molar-refractivity contribution is 5.97. The topological polar surface area (TPSA) is 67.8 Å². The lowest BCUT2D eigenvalue weighted by Gasteiger charge is -2.06. The number of hydrogen-bond acceptors (Lipinski definition) is 4. The zero-order chi connectivity index (χ0) is 11.3. The summed E-state index contributed by atoms with van der Waals surface area (Å²) in [5.41, 5.74) is 0.695. The fourth-order valence-electron chi connectivity index (χ4n) is 1.13. The lowest BCUT2D eigenvalue weighted by molar-refractivity contribution is 0.0960. The Morgan fingerprint density at radius 1 is 1.53 bits per heavy atom. The van der Waals surface area contributed by atoms with E-state index in [9.17, 15) is 9.59 Å². The summed E-state index contributed by atoms with van der Waals surface area (Å²) in [4.78, 5) is 24.9. The summed E-state index contributed by atoms with van der Waals surface area (Å²) in [6, 6.07) is 4.60. The molecule has 1 N–H and O–H groups in total. The molecule has 1 aromatic carbocycles. The Hall–Kier alpha value is -2.13. The smallest absolute Gasteiger partial charge is 0.254 e. The van der Waals surface area contributed by atoms with E-state index in [0.29, 0.717) is 17.0 Å². The van der Waals surface area contributed by atoms with Gasteiger partial charge in [0.25, 0.3) is 5.91 Å². The highest BCUT2D eigenvalue weighted by Crippen LogP contribution is 2.23. The number of carbonyl (C=O) groups is 1. The molecule has 0 radical (unpaired) electrons. The van der Waals surface area contributed by atoms with Gasteiger partial charge in [-0.05, 0) is 18.2 Å². The van der Waals surface area contributed by atoms with Gasteiger partial charge in [-0.2, -0.15) is 4.99 Å². The summed E-state index contributed by atoms with van der Waals surface area (Å²) < 4.78 is 5.00. The summed E-state index contributed by atoms with van der Waals surface area (Å²) in [7, 11) is 2.97. The van der Waals surface area contributed by atoms with Crippen LogP contribution in [0.4, 0.5) is 5.69 Å². The molecule has 78 valence electrons. The maximum absolute atomic E-state index is 11.4. The van der Waals surface area contributed by atoms with Crippen LogP contribution in [0.15, 0.2) is 23.2 Å². The van der Waals surface area contributed by atoms with Gasteiger partial charge in [-0.1, -0.05) is 0 Å². The van der Waals surface area contributed by atoms with Crippen LogP contribution in [0.5, 0.6) is 5.75 Å². The highest BCUT2D eigenvalue weighted by atomic mass is 16.5. The standard InChI is InChI=1S/C10H10N2O3/c1-11-10(14)8-5-7(12-6-13)3-4-9(8)15-2/h3-5H,1-2H3,(H,11,14). The summed E-state index contributed by atoms with van der Waals surface area (Å²) >= 11 is 0. The predicted octanol–water partition coefficient (Wildman–Crippen LogP) is 1.02. The minimum absolute atomic E-state index is 0.296. The molecular formula is C10H10N2O3. The molecule has 0 saturated heterocycles. The molecule has 0 heterocycles. The number of nitrogens with one attached hydrogen (secondary N) is 1. The molecule has 5 nitrogen and oxygen atoms in total. The van der Waals surface area contributed by atoms with Crippen LogP contribution in [0.1, 0.15) is 10.4 Å². The zero-order valence-corrected chi connectivity index (χ0v) is 8.40. The molecule has 1 rings (SSSR count). The molecule has 15 heavy (non-hydrogen) atoms.